The van der Waals surface area contributed by atoms with E-state index in [1.165, 1.54) is 20.8 Å². The van der Waals surface area contributed by atoms with E-state index in [-0.39, 0.29) is 50.9 Å². The van der Waals surface area contributed by atoms with E-state index in [4.69, 9.17) is 36.0 Å². The van der Waals surface area contributed by atoms with Gasteiger partial charge in [-0.2, -0.15) is 0 Å². The summed E-state index contributed by atoms with van der Waals surface area (Å²) in [6, 6.07) is 2.09. The molecule has 0 fully saturated rings. The first kappa shape index (κ1) is 40.3. The predicted molar refractivity (Wildman–Crippen MR) is 167 cm³/mol. The molecule has 0 spiro atoms. The van der Waals surface area contributed by atoms with E-state index in [2.05, 4.69) is 6.58 Å². The quantitative estimate of drug-likeness (QED) is 0.0500. The minimum absolute atomic E-state index is 0.110. The average molecular weight is 669 g/mol. The number of carbonyl (C=O) groups excluding carboxylic acids is 4. The Balaban J connectivity index is 6.05. The van der Waals surface area contributed by atoms with E-state index in [9.17, 15) is 19.2 Å². The maximum atomic E-state index is 11.4. The van der Waals surface area contributed by atoms with Crippen molar-refractivity contribution in [3.63, 3.8) is 0 Å². The molecule has 0 N–H and O–H groups in total. The van der Waals surface area contributed by atoms with Gasteiger partial charge in [-0.1, -0.05) is 6.58 Å². The van der Waals surface area contributed by atoms with E-state index >= 15 is 0 Å². The Morgan fingerprint density at radius 1 is 0.548 bits per heavy atom. The molecule has 0 aliphatic heterocycles. The third-order valence-corrected chi connectivity index (χ3v) is 21.3. The van der Waals surface area contributed by atoms with Crippen molar-refractivity contribution >= 4 is 57.6 Å². The Labute approximate surface area is 255 Å². The van der Waals surface area contributed by atoms with E-state index in [0.717, 1.165) is 6.08 Å². The molecule has 0 amide bonds. The highest BCUT2D eigenvalue weighted by molar-refractivity contribution is 6.90. The second-order valence-corrected chi connectivity index (χ2v) is 28.0. The number of hydrogen-bond acceptors (Lipinski definition) is 12. The molecule has 0 unspecified atom stereocenters. The summed E-state index contributed by atoms with van der Waals surface area (Å²) in [5.41, 5.74) is 0. The fourth-order valence-corrected chi connectivity index (χ4v) is 20.2. The van der Waals surface area contributed by atoms with Crippen molar-refractivity contribution in [1.29, 1.82) is 0 Å². The highest BCUT2D eigenvalue weighted by Gasteiger charge is 2.52. The Morgan fingerprint density at radius 2 is 0.929 bits per heavy atom. The minimum Gasteiger partial charge on any atom is -0.466 e. The van der Waals surface area contributed by atoms with Crippen molar-refractivity contribution in [3.8, 4) is 0 Å². The molecule has 0 atom stereocenters. The molecule has 0 heterocycles. The van der Waals surface area contributed by atoms with Gasteiger partial charge in [0.2, 0.25) is 0 Å². The Morgan fingerprint density at radius 3 is 1.26 bits per heavy atom. The van der Waals surface area contributed by atoms with Crippen LogP contribution in [0.4, 0.5) is 0 Å². The smallest absolute Gasteiger partial charge is 0.466 e. The fraction of sp³-hybridized carbons (Fsp3) is 0.769. The summed E-state index contributed by atoms with van der Waals surface area (Å²) in [5, 5.41) is 0. The molecule has 16 heteroatoms. The van der Waals surface area contributed by atoms with E-state index < -0.39 is 39.7 Å². The molecule has 0 aromatic rings. The summed E-state index contributed by atoms with van der Waals surface area (Å²) in [4.78, 5) is 45.4. The van der Waals surface area contributed by atoms with Crippen LogP contribution in [0.3, 0.4) is 0 Å². The van der Waals surface area contributed by atoms with Crippen LogP contribution in [0.5, 0.6) is 0 Å². The van der Waals surface area contributed by atoms with Crippen molar-refractivity contribution in [2.75, 3.05) is 39.6 Å². The average Bonchev–Trinajstić information content (AvgIpc) is 2.80. The molecule has 0 aliphatic rings. The molecule has 244 valence electrons. The molecule has 42 heavy (non-hydrogen) atoms. The van der Waals surface area contributed by atoms with E-state index in [0.29, 0.717) is 37.2 Å². The lowest BCUT2D eigenvalue weighted by Gasteiger charge is -2.45. The monoisotopic (exact) mass is 668 g/mol. The first-order valence-electron chi connectivity index (χ1n) is 14.2. The van der Waals surface area contributed by atoms with Gasteiger partial charge in [-0.25, -0.2) is 4.79 Å². The number of carbonyl (C=O) groups is 4. The van der Waals surface area contributed by atoms with Gasteiger partial charge in [0.25, 0.3) is 0 Å². The zero-order chi connectivity index (χ0) is 32.5. The summed E-state index contributed by atoms with van der Waals surface area (Å²) in [7, 11) is -10.9. The molecular formula is C26H52O12Si4. The topological polar surface area (TPSA) is 142 Å². The second kappa shape index (κ2) is 19.6. The Kier molecular flexibility index (Phi) is 18.8. The van der Waals surface area contributed by atoms with Crippen molar-refractivity contribution < 1.29 is 55.2 Å². The van der Waals surface area contributed by atoms with Crippen LogP contribution >= 0.6 is 0 Å². The van der Waals surface area contributed by atoms with Gasteiger partial charge in [0.05, 0.1) is 26.4 Å². The van der Waals surface area contributed by atoms with Gasteiger partial charge in [0.15, 0.2) is 25.0 Å². The first-order chi connectivity index (χ1) is 19.3. The van der Waals surface area contributed by atoms with Crippen molar-refractivity contribution in [2.24, 2.45) is 0 Å². The highest BCUT2D eigenvalue weighted by atomic mass is 28.5. The second-order valence-electron chi connectivity index (χ2n) is 11.6. The third-order valence-electron chi connectivity index (χ3n) is 5.73. The molecule has 0 saturated carbocycles. The van der Waals surface area contributed by atoms with Crippen LogP contribution in [-0.2, 0) is 55.2 Å². The van der Waals surface area contributed by atoms with Crippen LogP contribution in [0.1, 0.15) is 27.2 Å². The molecule has 0 saturated heterocycles. The minimum atomic E-state index is -3.44. The summed E-state index contributed by atoms with van der Waals surface area (Å²) >= 11 is 0. The van der Waals surface area contributed by atoms with Crippen LogP contribution in [0.15, 0.2) is 12.7 Å². The van der Waals surface area contributed by atoms with Gasteiger partial charge in [0.1, 0.15) is 6.61 Å². The predicted octanol–water partition coefficient (Wildman–Crippen LogP) is 4.42. The maximum absolute atomic E-state index is 11.4. The molecule has 0 bridgehead atoms. The summed E-state index contributed by atoms with van der Waals surface area (Å²) in [6.45, 7) is 21.1. The molecule has 12 nitrogen and oxygen atoms in total. The molecule has 0 radical (unpaired) electrons. The zero-order valence-corrected chi connectivity index (χ0v) is 31.0. The highest BCUT2D eigenvalue weighted by Crippen LogP contribution is 2.33. The Bertz CT molecular complexity index is 796. The number of hydrogen-bond donors (Lipinski definition) is 0. The van der Waals surface area contributed by atoms with Gasteiger partial charge in [-0.05, 0) is 63.8 Å². The van der Waals surface area contributed by atoms with Crippen LogP contribution in [0, 0.1) is 0 Å². The first-order valence-corrected chi connectivity index (χ1v) is 25.5. The third kappa shape index (κ3) is 21.1. The van der Waals surface area contributed by atoms with Crippen LogP contribution in [0.2, 0.25) is 63.5 Å². The van der Waals surface area contributed by atoms with Gasteiger partial charge >= 0.3 is 32.7 Å². The lowest BCUT2D eigenvalue weighted by atomic mass is 10.5. The van der Waals surface area contributed by atoms with E-state index in [1.54, 1.807) is 0 Å². The van der Waals surface area contributed by atoms with E-state index in [1.807, 2.05) is 39.3 Å². The largest absolute Gasteiger partial charge is 0.469 e. The SMILES string of the molecule is C=CC(=O)OCCOCCC[Si](O[Si](C)(C)CCOC(C)=O)(O[Si](C)(C)CCOC(C)=O)O[Si](C)(C)CCOC(C)=O. The molecule has 0 aromatic heterocycles. The van der Waals surface area contributed by atoms with Crippen molar-refractivity contribution in [3.05, 3.63) is 12.7 Å². The number of ether oxygens (including phenoxy) is 5. The molecule has 0 aliphatic carbocycles. The maximum Gasteiger partial charge on any atom is 0.469 e. The number of rotatable bonds is 23. The van der Waals surface area contributed by atoms with Crippen molar-refractivity contribution in [2.45, 2.75) is 90.7 Å². The van der Waals surface area contributed by atoms with Crippen LogP contribution in [-0.4, -0.2) is 97.3 Å². The van der Waals surface area contributed by atoms with Crippen molar-refractivity contribution in [1.82, 2.24) is 0 Å². The summed E-state index contributed by atoms with van der Waals surface area (Å²) < 4.78 is 47.2. The van der Waals surface area contributed by atoms with Crippen LogP contribution in [0.25, 0.3) is 0 Å². The lowest BCUT2D eigenvalue weighted by Crippen LogP contribution is -2.62. The molecular weight excluding hydrogens is 617 g/mol. The fourth-order valence-electron chi connectivity index (χ4n) is 3.71. The normalized spacial score (nSPS) is 12.4. The molecule has 0 rings (SSSR count). The van der Waals surface area contributed by atoms with Gasteiger partial charge in [-0.3, -0.25) is 14.4 Å². The number of esters is 4. The van der Waals surface area contributed by atoms with Gasteiger partial charge < -0.3 is 36.0 Å². The van der Waals surface area contributed by atoms with Gasteiger partial charge in [0, 0.05) is 39.5 Å². The van der Waals surface area contributed by atoms with Gasteiger partial charge in [-0.15, -0.1) is 0 Å². The molecule has 0 aromatic carbocycles. The Hall–Kier alpha value is -1.67. The standard InChI is InChI=1S/C26H52O12Si4/c1-11-26(30)35-15-14-31-13-12-19-42(36-39(5,6)20-16-32-23(2)27,37-40(7,8)21-17-33-24(3)28)38-41(9,10)22-18-34-25(4)29/h11H,1,12-22H2,2-10H3. The lowest BCUT2D eigenvalue weighted by molar-refractivity contribution is -0.141. The summed E-state index contributed by atoms with van der Waals surface area (Å²) in [5.74, 6) is -1.58. The van der Waals surface area contributed by atoms with Crippen LogP contribution < -0.4 is 0 Å². The summed E-state index contributed by atoms with van der Waals surface area (Å²) in [6.07, 6.45) is 1.65. The zero-order valence-electron chi connectivity index (χ0n) is 27.0.